The zero-order valence-corrected chi connectivity index (χ0v) is 24.6. The summed E-state index contributed by atoms with van der Waals surface area (Å²) in [6.07, 6.45) is 4.41. The molecule has 12 heteroatoms. The van der Waals surface area contributed by atoms with Crippen molar-refractivity contribution in [1.82, 2.24) is 15.5 Å². The van der Waals surface area contributed by atoms with E-state index in [9.17, 15) is 19.2 Å². The number of nitrogens with two attached hydrogens (primary N) is 2. The number of guanidine groups is 1. The van der Waals surface area contributed by atoms with Crippen LogP contribution in [0.1, 0.15) is 65.9 Å². The molecule has 1 aromatic rings. The Hall–Kier alpha value is -3.67. The van der Waals surface area contributed by atoms with Crippen LogP contribution < -0.4 is 22.1 Å². The van der Waals surface area contributed by atoms with Gasteiger partial charge in [-0.3, -0.25) is 19.4 Å². The van der Waals surface area contributed by atoms with Gasteiger partial charge in [-0.1, -0.05) is 58.0 Å². The lowest BCUT2D eigenvalue weighted by Crippen LogP contribution is -2.46. The number of aliphatic imine (C=N–C) groups is 1. The number of aliphatic hydroxyl groups is 1. The summed E-state index contributed by atoms with van der Waals surface area (Å²) >= 11 is 0. The third kappa shape index (κ3) is 19.4. The first-order valence-electron chi connectivity index (χ1n) is 13.7. The molecule has 1 aliphatic heterocycles. The highest BCUT2D eigenvalue weighted by Gasteiger charge is 2.30. The van der Waals surface area contributed by atoms with Gasteiger partial charge in [-0.2, -0.15) is 0 Å². The van der Waals surface area contributed by atoms with Gasteiger partial charge in [0.25, 0.3) is 0 Å². The standard InChI is InChI=1S/C15H20N2O2.C7H14N4O3.C4H10O.C2H6/c1-12(10-13-6-3-2-4-7-13)16-15(19)14-8-5-9-17(14)11-18;8-7(9)10-3-1-2-5(6(13)14)11-4-12;1-4(2)3-5;1-2/h2-4,6-7,11-12,14H,5,8-10H2,1H3,(H,16,19);4-5H,1-3H2,(H,11,12)(H,13,14)(H4,8,9,10);4-5H,3H2,1-2H3;1-2H3. The molecule has 0 bridgehead atoms. The quantitative estimate of drug-likeness (QED) is 0.0886. The molecule has 228 valence electrons. The summed E-state index contributed by atoms with van der Waals surface area (Å²) in [6, 6.07) is 8.99. The van der Waals surface area contributed by atoms with Crippen molar-refractivity contribution < 1.29 is 29.4 Å². The monoisotopic (exact) mass is 566 g/mol. The lowest BCUT2D eigenvalue weighted by molar-refractivity contribution is -0.140. The molecule has 1 saturated heterocycles. The van der Waals surface area contributed by atoms with Crippen LogP contribution in [0.25, 0.3) is 0 Å². The van der Waals surface area contributed by atoms with E-state index in [0.717, 1.165) is 25.7 Å². The van der Waals surface area contributed by atoms with Crippen molar-refractivity contribution in [1.29, 1.82) is 0 Å². The number of hydrogen-bond donors (Lipinski definition) is 6. The van der Waals surface area contributed by atoms with Gasteiger partial charge in [-0.25, -0.2) is 4.79 Å². The highest BCUT2D eigenvalue weighted by Crippen LogP contribution is 2.15. The fraction of sp³-hybridized carbons (Fsp3) is 0.607. The Labute approximate surface area is 238 Å². The summed E-state index contributed by atoms with van der Waals surface area (Å²) in [5.41, 5.74) is 11.3. The molecule has 1 fully saturated rings. The molecule has 0 aromatic heterocycles. The zero-order chi connectivity index (χ0) is 30.9. The second-order valence-corrected chi connectivity index (χ2v) is 9.30. The molecule has 3 amide bonds. The average molecular weight is 567 g/mol. The van der Waals surface area contributed by atoms with E-state index in [1.165, 1.54) is 5.56 Å². The number of carbonyl (C=O) groups is 4. The summed E-state index contributed by atoms with van der Waals surface area (Å²) in [7, 11) is 0. The maximum Gasteiger partial charge on any atom is 0.326 e. The number of hydrogen-bond acceptors (Lipinski definition) is 6. The maximum absolute atomic E-state index is 12.1. The van der Waals surface area contributed by atoms with Crippen LogP contribution >= 0.6 is 0 Å². The molecule has 2 rings (SSSR count). The van der Waals surface area contributed by atoms with E-state index in [1.54, 1.807) is 4.90 Å². The van der Waals surface area contributed by atoms with Gasteiger partial charge in [0.15, 0.2) is 5.96 Å². The van der Waals surface area contributed by atoms with E-state index >= 15 is 0 Å². The van der Waals surface area contributed by atoms with Gasteiger partial charge in [0, 0.05) is 25.7 Å². The molecular weight excluding hydrogens is 516 g/mol. The van der Waals surface area contributed by atoms with Crippen LogP contribution in [-0.4, -0.2) is 83.6 Å². The van der Waals surface area contributed by atoms with Crippen molar-refractivity contribution in [3.05, 3.63) is 35.9 Å². The number of carboxylic acids is 1. The number of nitrogens with one attached hydrogen (secondary N) is 2. The molecule has 1 heterocycles. The van der Waals surface area contributed by atoms with Crippen LogP contribution in [0.5, 0.6) is 0 Å². The highest BCUT2D eigenvalue weighted by atomic mass is 16.4. The predicted molar refractivity (Wildman–Crippen MR) is 157 cm³/mol. The van der Waals surface area contributed by atoms with E-state index in [-0.39, 0.29) is 24.0 Å². The van der Waals surface area contributed by atoms with Gasteiger partial charge in [-0.15, -0.1) is 0 Å². The largest absolute Gasteiger partial charge is 0.480 e. The smallest absolute Gasteiger partial charge is 0.326 e. The van der Waals surface area contributed by atoms with Crippen molar-refractivity contribution in [2.24, 2.45) is 22.4 Å². The summed E-state index contributed by atoms with van der Waals surface area (Å²) < 4.78 is 0. The number of benzene rings is 1. The highest BCUT2D eigenvalue weighted by molar-refractivity contribution is 5.84. The maximum atomic E-state index is 12.1. The molecule has 0 saturated carbocycles. The fourth-order valence-corrected chi connectivity index (χ4v) is 3.42. The number of rotatable bonds is 13. The van der Waals surface area contributed by atoms with Crippen molar-refractivity contribution in [3.8, 4) is 0 Å². The van der Waals surface area contributed by atoms with Crippen molar-refractivity contribution in [2.45, 2.75) is 84.8 Å². The number of aliphatic carboxylic acids is 1. The Kier molecular flexibility index (Phi) is 23.4. The van der Waals surface area contributed by atoms with E-state index in [1.807, 2.05) is 52.8 Å². The van der Waals surface area contributed by atoms with Crippen LogP contribution in [-0.2, 0) is 25.6 Å². The summed E-state index contributed by atoms with van der Waals surface area (Å²) in [6.45, 7) is 11.3. The molecular formula is C28H50N6O6. The van der Waals surface area contributed by atoms with Gasteiger partial charge in [0.05, 0.1) is 0 Å². The first-order valence-corrected chi connectivity index (χ1v) is 13.7. The minimum atomic E-state index is -1.07. The molecule has 12 nitrogen and oxygen atoms in total. The lowest BCUT2D eigenvalue weighted by atomic mass is 10.1. The molecule has 8 N–H and O–H groups in total. The molecule has 3 unspecified atom stereocenters. The van der Waals surface area contributed by atoms with Gasteiger partial charge in [0.2, 0.25) is 18.7 Å². The molecule has 1 aromatic carbocycles. The van der Waals surface area contributed by atoms with Crippen molar-refractivity contribution in [3.63, 3.8) is 0 Å². The molecule has 3 atom stereocenters. The van der Waals surface area contributed by atoms with Crippen LogP contribution in [0.3, 0.4) is 0 Å². The van der Waals surface area contributed by atoms with E-state index < -0.39 is 12.0 Å². The van der Waals surface area contributed by atoms with Crippen LogP contribution in [0.4, 0.5) is 0 Å². The molecule has 0 aliphatic carbocycles. The normalized spacial score (nSPS) is 14.9. The zero-order valence-electron chi connectivity index (χ0n) is 24.6. The second-order valence-electron chi connectivity index (χ2n) is 9.30. The Morgan fingerprint density at radius 3 is 2.23 bits per heavy atom. The van der Waals surface area contributed by atoms with Crippen molar-refractivity contribution >= 4 is 30.7 Å². The Morgan fingerprint density at radius 2 is 1.75 bits per heavy atom. The van der Waals surface area contributed by atoms with E-state index in [2.05, 4.69) is 27.8 Å². The molecule has 0 radical (unpaired) electrons. The Bertz CT molecular complexity index is 849. The number of carboxylic acid groups (broad SMARTS) is 1. The number of aliphatic hydroxyl groups excluding tert-OH is 1. The van der Waals surface area contributed by atoms with Gasteiger partial charge in [0.1, 0.15) is 12.1 Å². The summed E-state index contributed by atoms with van der Waals surface area (Å²) in [4.78, 5) is 48.7. The summed E-state index contributed by atoms with van der Waals surface area (Å²) in [5, 5.41) is 21.9. The van der Waals surface area contributed by atoms with Gasteiger partial charge in [-0.05, 0) is 50.5 Å². The Morgan fingerprint density at radius 1 is 1.15 bits per heavy atom. The Balaban J connectivity index is 0. The fourth-order valence-electron chi connectivity index (χ4n) is 3.42. The number of likely N-dealkylation sites (tertiary alicyclic amines) is 1. The SMILES string of the molecule is CC.CC(C)CO.CC(Cc1ccccc1)NC(=O)C1CCCN1C=O.NC(N)=NCCCC(NC=O)C(=O)O. The van der Waals surface area contributed by atoms with E-state index in [4.69, 9.17) is 21.7 Å². The molecule has 40 heavy (non-hydrogen) atoms. The van der Waals surface area contributed by atoms with Gasteiger partial charge >= 0.3 is 5.97 Å². The minimum absolute atomic E-state index is 0.0276. The first kappa shape index (κ1) is 38.5. The van der Waals surface area contributed by atoms with E-state index in [0.29, 0.717) is 44.9 Å². The number of nitrogens with zero attached hydrogens (tertiary/aromatic N) is 2. The first-order chi connectivity index (χ1) is 19.0. The lowest BCUT2D eigenvalue weighted by Gasteiger charge is -2.22. The minimum Gasteiger partial charge on any atom is -0.480 e. The molecule has 0 spiro atoms. The average Bonchev–Trinajstić information content (AvgIpc) is 3.42. The number of carbonyl (C=O) groups excluding carboxylic acids is 3. The molecule has 1 aliphatic rings. The van der Waals surface area contributed by atoms with Crippen LogP contribution in [0, 0.1) is 5.92 Å². The second kappa shape index (κ2) is 24.4. The van der Waals surface area contributed by atoms with Crippen LogP contribution in [0.15, 0.2) is 35.3 Å². The number of amides is 3. The van der Waals surface area contributed by atoms with Crippen LogP contribution in [0.2, 0.25) is 0 Å². The topological polar surface area (TPSA) is 200 Å². The third-order valence-electron chi connectivity index (χ3n) is 5.38. The summed E-state index contributed by atoms with van der Waals surface area (Å²) in [5.74, 6) is -0.690. The van der Waals surface area contributed by atoms with Gasteiger partial charge < -0.3 is 37.2 Å². The van der Waals surface area contributed by atoms with Crippen molar-refractivity contribution in [2.75, 3.05) is 19.7 Å². The third-order valence-corrected chi connectivity index (χ3v) is 5.38. The predicted octanol–water partition coefficient (Wildman–Crippen LogP) is 1.25.